The van der Waals surface area contributed by atoms with Crippen LogP contribution in [0.25, 0.3) is 0 Å². The van der Waals surface area contributed by atoms with Crippen molar-refractivity contribution < 1.29 is 4.74 Å². The molecule has 0 aliphatic heterocycles. The second kappa shape index (κ2) is 5.36. The van der Waals surface area contributed by atoms with E-state index in [4.69, 9.17) is 15.7 Å². The van der Waals surface area contributed by atoms with E-state index in [1.54, 1.807) is 6.07 Å². The van der Waals surface area contributed by atoms with Crippen molar-refractivity contribution in [2.45, 2.75) is 25.5 Å². The Balaban J connectivity index is 1.78. The van der Waals surface area contributed by atoms with Crippen LogP contribution in [0.1, 0.15) is 34.7 Å². The number of hydrogen-bond acceptors (Lipinski definition) is 3. The number of nitriles is 1. The van der Waals surface area contributed by atoms with E-state index in [1.807, 2.05) is 30.3 Å². The largest absolute Gasteiger partial charge is 0.489 e. The molecule has 1 aliphatic rings. The fraction of sp³-hybridized carbons (Fsp3) is 0.235. The Labute approximate surface area is 118 Å². The van der Waals surface area contributed by atoms with E-state index < -0.39 is 0 Å². The lowest BCUT2D eigenvalue weighted by atomic mass is 10.1. The molecular formula is C17H16N2O. The Bertz CT molecular complexity index is 673. The molecule has 0 amide bonds. The molecular weight excluding hydrogens is 248 g/mol. The molecule has 3 rings (SSSR count). The SMILES string of the molecule is N#Cc1cccc(COc2cccc3c2CCC3N)c1. The predicted molar refractivity (Wildman–Crippen MR) is 77.2 cm³/mol. The summed E-state index contributed by atoms with van der Waals surface area (Å²) in [6, 6.07) is 15.8. The Kier molecular flexibility index (Phi) is 3.41. The molecule has 0 radical (unpaired) electrons. The van der Waals surface area contributed by atoms with Gasteiger partial charge in [-0.3, -0.25) is 0 Å². The molecule has 2 aromatic carbocycles. The summed E-state index contributed by atoms with van der Waals surface area (Å²) in [5.41, 5.74) is 10.2. The van der Waals surface area contributed by atoms with Crippen LogP contribution in [-0.4, -0.2) is 0 Å². The molecule has 0 bridgehead atoms. The van der Waals surface area contributed by atoms with Gasteiger partial charge in [-0.25, -0.2) is 0 Å². The van der Waals surface area contributed by atoms with Gasteiger partial charge < -0.3 is 10.5 Å². The minimum absolute atomic E-state index is 0.135. The van der Waals surface area contributed by atoms with Crippen molar-refractivity contribution in [1.82, 2.24) is 0 Å². The fourth-order valence-electron chi connectivity index (χ4n) is 2.68. The third-order valence-electron chi connectivity index (χ3n) is 3.72. The highest BCUT2D eigenvalue weighted by molar-refractivity contribution is 5.45. The first-order valence-corrected chi connectivity index (χ1v) is 6.77. The highest BCUT2D eigenvalue weighted by atomic mass is 16.5. The van der Waals surface area contributed by atoms with Gasteiger partial charge in [0.25, 0.3) is 0 Å². The van der Waals surface area contributed by atoms with Crippen molar-refractivity contribution in [3.63, 3.8) is 0 Å². The second-order valence-corrected chi connectivity index (χ2v) is 5.07. The first-order valence-electron chi connectivity index (χ1n) is 6.77. The van der Waals surface area contributed by atoms with E-state index in [1.165, 1.54) is 11.1 Å². The Morgan fingerprint density at radius 1 is 1.25 bits per heavy atom. The molecule has 1 atom stereocenters. The van der Waals surface area contributed by atoms with Crippen molar-refractivity contribution in [2.75, 3.05) is 0 Å². The average molecular weight is 264 g/mol. The fourth-order valence-corrected chi connectivity index (χ4v) is 2.68. The van der Waals surface area contributed by atoms with Gasteiger partial charge in [0.2, 0.25) is 0 Å². The second-order valence-electron chi connectivity index (χ2n) is 5.07. The van der Waals surface area contributed by atoms with Crippen LogP contribution in [0.15, 0.2) is 42.5 Å². The van der Waals surface area contributed by atoms with Crippen LogP contribution < -0.4 is 10.5 Å². The summed E-state index contributed by atoms with van der Waals surface area (Å²) < 4.78 is 5.92. The van der Waals surface area contributed by atoms with Crippen LogP contribution in [0.5, 0.6) is 5.75 Å². The summed E-state index contributed by atoms with van der Waals surface area (Å²) in [6.07, 6.45) is 1.96. The van der Waals surface area contributed by atoms with Crippen LogP contribution in [0, 0.1) is 11.3 Å². The number of nitrogens with two attached hydrogens (primary N) is 1. The summed E-state index contributed by atoms with van der Waals surface area (Å²) in [7, 11) is 0. The number of hydrogen-bond donors (Lipinski definition) is 1. The lowest BCUT2D eigenvalue weighted by molar-refractivity contribution is 0.303. The summed E-state index contributed by atoms with van der Waals surface area (Å²) in [6.45, 7) is 0.473. The molecule has 0 fully saturated rings. The molecule has 0 spiro atoms. The zero-order valence-corrected chi connectivity index (χ0v) is 11.2. The first-order chi connectivity index (χ1) is 9.78. The van der Waals surface area contributed by atoms with Gasteiger partial charge in [-0.15, -0.1) is 0 Å². The van der Waals surface area contributed by atoms with Crippen molar-refractivity contribution in [3.05, 3.63) is 64.7 Å². The maximum Gasteiger partial charge on any atom is 0.123 e. The topological polar surface area (TPSA) is 59.0 Å². The van der Waals surface area contributed by atoms with Crippen LogP contribution in [-0.2, 0) is 13.0 Å². The van der Waals surface area contributed by atoms with Crippen LogP contribution >= 0.6 is 0 Å². The highest BCUT2D eigenvalue weighted by Crippen LogP contribution is 2.35. The van der Waals surface area contributed by atoms with Gasteiger partial charge in [0.1, 0.15) is 12.4 Å². The molecule has 100 valence electrons. The molecule has 0 aromatic heterocycles. The van der Waals surface area contributed by atoms with Crippen molar-refractivity contribution in [3.8, 4) is 11.8 Å². The van der Waals surface area contributed by atoms with Crippen molar-refractivity contribution in [2.24, 2.45) is 5.73 Å². The molecule has 1 aliphatic carbocycles. The van der Waals surface area contributed by atoms with E-state index in [-0.39, 0.29) is 6.04 Å². The summed E-state index contributed by atoms with van der Waals surface area (Å²) in [5, 5.41) is 8.90. The van der Waals surface area contributed by atoms with Gasteiger partial charge in [-0.1, -0.05) is 24.3 Å². The maximum atomic E-state index is 8.90. The molecule has 2 aromatic rings. The van der Waals surface area contributed by atoms with Gasteiger partial charge in [-0.05, 0) is 47.7 Å². The lowest BCUT2D eigenvalue weighted by Crippen LogP contribution is -2.05. The average Bonchev–Trinajstić information content (AvgIpc) is 2.88. The normalized spacial score (nSPS) is 16.5. The zero-order valence-electron chi connectivity index (χ0n) is 11.2. The van der Waals surface area contributed by atoms with E-state index in [9.17, 15) is 0 Å². The van der Waals surface area contributed by atoms with E-state index >= 15 is 0 Å². The number of fused-ring (bicyclic) bond motifs is 1. The molecule has 0 saturated heterocycles. The number of ether oxygens (including phenoxy) is 1. The first kappa shape index (κ1) is 12.7. The zero-order chi connectivity index (χ0) is 13.9. The third kappa shape index (κ3) is 2.38. The molecule has 3 nitrogen and oxygen atoms in total. The monoisotopic (exact) mass is 264 g/mol. The predicted octanol–water partition coefficient (Wildman–Crippen LogP) is 3.08. The Hall–Kier alpha value is -2.31. The molecule has 0 saturated carbocycles. The molecule has 3 heteroatoms. The molecule has 1 unspecified atom stereocenters. The minimum Gasteiger partial charge on any atom is -0.489 e. The van der Waals surface area contributed by atoms with Gasteiger partial charge in [0.05, 0.1) is 11.6 Å². The van der Waals surface area contributed by atoms with Crippen LogP contribution in [0.3, 0.4) is 0 Å². The van der Waals surface area contributed by atoms with Gasteiger partial charge in [0.15, 0.2) is 0 Å². The van der Waals surface area contributed by atoms with E-state index in [2.05, 4.69) is 12.1 Å². The summed E-state index contributed by atoms with van der Waals surface area (Å²) in [4.78, 5) is 0. The van der Waals surface area contributed by atoms with Gasteiger partial charge in [-0.2, -0.15) is 5.26 Å². The Morgan fingerprint density at radius 3 is 2.95 bits per heavy atom. The quantitative estimate of drug-likeness (QED) is 0.926. The smallest absolute Gasteiger partial charge is 0.123 e. The number of rotatable bonds is 3. The van der Waals surface area contributed by atoms with Crippen LogP contribution in [0.2, 0.25) is 0 Å². The van der Waals surface area contributed by atoms with Gasteiger partial charge >= 0.3 is 0 Å². The van der Waals surface area contributed by atoms with Gasteiger partial charge in [0, 0.05) is 6.04 Å². The highest BCUT2D eigenvalue weighted by Gasteiger charge is 2.21. The summed E-state index contributed by atoms with van der Waals surface area (Å²) >= 11 is 0. The van der Waals surface area contributed by atoms with E-state index in [0.29, 0.717) is 12.2 Å². The molecule has 20 heavy (non-hydrogen) atoms. The van der Waals surface area contributed by atoms with Crippen molar-refractivity contribution >= 4 is 0 Å². The Morgan fingerprint density at radius 2 is 2.10 bits per heavy atom. The summed E-state index contributed by atoms with van der Waals surface area (Å²) in [5.74, 6) is 0.915. The van der Waals surface area contributed by atoms with Crippen molar-refractivity contribution in [1.29, 1.82) is 5.26 Å². The third-order valence-corrected chi connectivity index (χ3v) is 3.72. The standard InChI is InChI=1S/C17H16N2O/c18-10-12-3-1-4-13(9-12)11-20-17-6-2-5-14-15(17)7-8-16(14)19/h1-6,9,16H,7-8,11,19H2. The minimum atomic E-state index is 0.135. The number of benzene rings is 2. The molecule has 0 heterocycles. The number of nitrogens with zero attached hydrogens (tertiary/aromatic N) is 1. The van der Waals surface area contributed by atoms with E-state index in [0.717, 1.165) is 24.2 Å². The molecule has 2 N–H and O–H groups in total. The van der Waals surface area contributed by atoms with Crippen LogP contribution in [0.4, 0.5) is 0 Å². The maximum absolute atomic E-state index is 8.90. The lowest BCUT2D eigenvalue weighted by Gasteiger charge is -2.11.